The van der Waals surface area contributed by atoms with E-state index in [1.807, 2.05) is 7.05 Å². The van der Waals surface area contributed by atoms with Crippen molar-refractivity contribution in [3.05, 3.63) is 24.3 Å². The van der Waals surface area contributed by atoms with Crippen LogP contribution in [0, 0.1) is 11.8 Å². The van der Waals surface area contributed by atoms with E-state index >= 15 is 0 Å². The highest BCUT2D eigenvalue weighted by molar-refractivity contribution is 5.02. The van der Waals surface area contributed by atoms with Crippen LogP contribution in [0.2, 0.25) is 0 Å². The molecule has 0 heterocycles. The Labute approximate surface area is 172 Å². The van der Waals surface area contributed by atoms with Gasteiger partial charge in [0.05, 0.1) is 0 Å². The third-order valence-corrected chi connectivity index (χ3v) is 6.06. The predicted octanol–water partition coefficient (Wildman–Crippen LogP) is 8.46. The molecular weight excluding hydrogens is 326 g/mol. The molecule has 0 radical (unpaired) electrons. The number of hydrogen-bond acceptors (Lipinski definition) is 1. The molecule has 0 aromatic rings. The second-order valence-electron chi connectivity index (χ2n) is 8.82. The monoisotopic (exact) mass is 377 g/mol. The van der Waals surface area contributed by atoms with Crippen LogP contribution < -0.4 is 5.32 Å². The van der Waals surface area contributed by atoms with Crippen LogP contribution in [0.15, 0.2) is 24.3 Å². The van der Waals surface area contributed by atoms with Gasteiger partial charge in [-0.3, -0.25) is 0 Å². The molecule has 0 aliphatic rings. The zero-order chi connectivity index (χ0) is 20.3. The maximum atomic E-state index is 4.36. The van der Waals surface area contributed by atoms with Crippen molar-refractivity contribution in [2.75, 3.05) is 13.6 Å². The topological polar surface area (TPSA) is 12.0 Å². The highest BCUT2D eigenvalue weighted by Crippen LogP contribution is 2.27. The van der Waals surface area contributed by atoms with Crippen molar-refractivity contribution in [2.45, 2.75) is 117 Å². The standard InChI is InChI=1S/C26H51N/c1-7-9-10-11-12-16-19-26(25(5)8-2)21-20-23(3)17-14-13-15-18-24(4)22-27-6/h24,26-27H,3,5,7-22H2,1-2,4,6H3. The van der Waals surface area contributed by atoms with E-state index in [1.54, 1.807) is 0 Å². The molecule has 0 fully saturated rings. The second kappa shape index (κ2) is 18.8. The Morgan fingerprint density at radius 3 is 2.07 bits per heavy atom. The van der Waals surface area contributed by atoms with Gasteiger partial charge in [-0.05, 0) is 70.4 Å². The second-order valence-corrected chi connectivity index (χ2v) is 8.82. The lowest BCUT2D eigenvalue weighted by Gasteiger charge is -2.19. The molecule has 0 rings (SSSR count). The molecule has 0 aliphatic carbocycles. The SMILES string of the molecule is C=C(CCCCCC(C)CNC)CCC(CCCCCCCC)C(=C)CC. The van der Waals surface area contributed by atoms with Gasteiger partial charge in [0.1, 0.15) is 0 Å². The fraction of sp³-hybridized carbons (Fsp3) is 0.846. The number of nitrogens with one attached hydrogen (secondary N) is 1. The molecule has 0 saturated carbocycles. The Bertz CT molecular complexity index is 357. The molecule has 2 unspecified atom stereocenters. The van der Waals surface area contributed by atoms with Crippen molar-refractivity contribution in [2.24, 2.45) is 11.8 Å². The van der Waals surface area contributed by atoms with Crippen LogP contribution in [-0.4, -0.2) is 13.6 Å². The van der Waals surface area contributed by atoms with E-state index in [0.717, 1.165) is 24.8 Å². The summed E-state index contributed by atoms with van der Waals surface area (Å²) in [6, 6.07) is 0. The van der Waals surface area contributed by atoms with Crippen LogP contribution in [0.5, 0.6) is 0 Å². The van der Waals surface area contributed by atoms with Gasteiger partial charge in [-0.15, -0.1) is 0 Å². The molecule has 1 nitrogen and oxygen atoms in total. The molecule has 27 heavy (non-hydrogen) atoms. The van der Waals surface area contributed by atoms with E-state index in [-0.39, 0.29) is 0 Å². The van der Waals surface area contributed by atoms with Crippen LogP contribution in [0.1, 0.15) is 117 Å². The zero-order valence-electron chi connectivity index (χ0n) is 19.4. The van der Waals surface area contributed by atoms with Crippen LogP contribution in [0.3, 0.4) is 0 Å². The molecule has 0 bridgehead atoms. The Balaban J connectivity index is 3.88. The van der Waals surface area contributed by atoms with Crippen molar-refractivity contribution in [1.82, 2.24) is 5.32 Å². The Hall–Kier alpha value is -0.560. The summed E-state index contributed by atoms with van der Waals surface area (Å²) in [6.07, 6.45) is 19.9. The van der Waals surface area contributed by atoms with Crippen molar-refractivity contribution in [3.8, 4) is 0 Å². The van der Waals surface area contributed by atoms with Gasteiger partial charge in [-0.25, -0.2) is 0 Å². The minimum atomic E-state index is 0.723. The quantitative estimate of drug-likeness (QED) is 0.166. The maximum absolute atomic E-state index is 4.36. The third kappa shape index (κ3) is 16.1. The highest BCUT2D eigenvalue weighted by Gasteiger charge is 2.12. The summed E-state index contributed by atoms with van der Waals surface area (Å²) in [5, 5.41) is 3.27. The lowest BCUT2D eigenvalue weighted by molar-refractivity contribution is 0.460. The minimum Gasteiger partial charge on any atom is -0.319 e. The Morgan fingerprint density at radius 1 is 0.778 bits per heavy atom. The van der Waals surface area contributed by atoms with E-state index in [2.05, 4.69) is 39.2 Å². The molecule has 1 heteroatoms. The van der Waals surface area contributed by atoms with E-state index < -0.39 is 0 Å². The molecule has 0 spiro atoms. The lowest BCUT2D eigenvalue weighted by Crippen LogP contribution is -2.15. The minimum absolute atomic E-state index is 0.723. The van der Waals surface area contributed by atoms with Crippen LogP contribution in [-0.2, 0) is 0 Å². The molecule has 2 atom stereocenters. The summed E-state index contributed by atoms with van der Waals surface area (Å²) >= 11 is 0. The van der Waals surface area contributed by atoms with Crippen molar-refractivity contribution in [1.29, 1.82) is 0 Å². The molecule has 0 amide bonds. The number of unbranched alkanes of at least 4 members (excludes halogenated alkanes) is 7. The predicted molar refractivity (Wildman–Crippen MR) is 125 cm³/mol. The summed E-state index contributed by atoms with van der Waals surface area (Å²) in [6.45, 7) is 16.8. The molecule has 0 aromatic heterocycles. The first-order valence-corrected chi connectivity index (χ1v) is 12.0. The summed E-state index contributed by atoms with van der Waals surface area (Å²) in [5.74, 6) is 1.53. The molecule has 160 valence electrons. The maximum Gasteiger partial charge on any atom is -0.00262 e. The zero-order valence-corrected chi connectivity index (χ0v) is 19.4. The van der Waals surface area contributed by atoms with Gasteiger partial charge in [-0.1, -0.05) is 96.4 Å². The molecule has 0 aliphatic heterocycles. The van der Waals surface area contributed by atoms with Crippen molar-refractivity contribution in [3.63, 3.8) is 0 Å². The fourth-order valence-electron chi connectivity index (χ4n) is 4.01. The largest absolute Gasteiger partial charge is 0.319 e. The fourth-order valence-corrected chi connectivity index (χ4v) is 4.01. The van der Waals surface area contributed by atoms with Crippen molar-refractivity contribution < 1.29 is 0 Å². The van der Waals surface area contributed by atoms with Gasteiger partial charge in [0.2, 0.25) is 0 Å². The number of allylic oxidation sites excluding steroid dienone is 2. The van der Waals surface area contributed by atoms with Crippen molar-refractivity contribution >= 4 is 0 Å². The van der Waals surface area contributed by atoms with Gasteiger partial charge in [0, 0.05) is 0 Å². The molecule has 0 aromatic carbocycles. The van der Waals surface area contributed by atoms with E-state index in [0.29, 0.717) is 0 Å². The van der Waals surface area contributed by atoms with Gasteiger partial charge in [0.15, 0.2) is 0 Å². The summed E-state index contributed by atoms with van der Waals surface area (Å²) in [4.78, 5) is 0. The van der Waals surface area contributed by atoms with E-state index in [4.69, 9.17) is 0 Å². The Morgan fingerprint density at radius 2 is 1.41 bits per heavy atom. The Kier molecular flexibility index (Phi) is 18.4. The van der Waals surface area contributed by atoms with Gasteiger partial charge >= 0.3 is 0 Å². The summed E-state index contributed by atoms with van der Waals surface area (Å²) in [7, 11) is 2.05. The van der Waals surface area contributed by atoms with Gasteiger partial charge < -0.3 is 5.32 Å². The van der Waals surface area contributed by atoms with E-state index in [1.165, 1.54) is 101 Å². The number of rotatable bonds is 20. The normalized spacial score (nSPS) is 13.5. The first kappa shape index (κ1) is 26.4. The lowest BCUT2D eigenvalue weighted by atomic mass is 9.86. The molecular formula is C26H51N. The average Bonchev–Trinajstić information content (AvgIpc) is 2.66. The summed E-state index contributed by atoms with van der Waals surface area (Å²) in [5.41, 5.74) is 2.94. The first-order chi connectivity index (χ1) is 13.0. The van der Waals surface area contributed by atoms with Gasteiger partial charge in [-0.2, -0.15) is 0 Å². The van der Waals surface area contributed by atoms with Crippen LogP contribution in [0.4, 0.5) is 0 Å². The highest BCUT2D eigenvalue weighted by atomic mass is 14.8. The smallest absolute Gasteiger partial charge is 0.00262 e. The van der Waals surface area contributed by atoms with Gasteiger partial charge in [0.25, 0.3) is 0 Å². The first-order valence-electron chi connectivity index (χ1n) is 12.0. The number of hydrogen-bond donors (Lipinski definition) is 1. The van der Waals surface area contributed by atoms with Crippen LogP contribution >= 0.6 is 0 Å². The molecule has 0 saturated heterocycles. The average molecular weight is 378 g/mol. The van der Waals surface area contributed by atoms with E-state index in [9.17, 15) is 0 Å². The molecule has 1 N–H and O–H groups in total. The third-order valence-electron chi connectivity index (χ3n) is 6.06. The summed E-state index contributed by atoms with van der Waals surface area (Å²) < 4.78 is 0. The van der Waals surface area contributed by atoms with Crippen LogP contribution in [0.25, 0.3) is 0 Å².